The fourth-order valence-corrected chi connectivity index (χ4v) is 2.84. The van der Waals surface area contributed by atoms with E-state index in [1.807, 2.05) is 0 Å². The van der Waals surface area contributed by atoms with E-state index in [2.05, 4.69) is 20.0 Å². The van der Waals surface area contributed by atoms with Crippen molar-refractivity contribution in [1.82, 2.24) is 9.97 Å². The molecule has 1 aromatic heterocycles. The Hall–Kier alpha value is -2.53. The Bertz CT molecular complexity index is 716. The number of fused-ring (bicyclic) bond motifs is 1. The molecule has 0 saturated carbocycles. The van der Waals surface area contributed by atoms with Gasteiger partial charge in [0, 0.05) is 12.0 Å². The molecule has 12 nitrogen and oxygen atoms in total. The van der Waals surface area contributed by atoms with Gasteiger partial charge in [-0.2, -0.15) is 4.98 Å². The third-order valence-corrected chi connectivity index (χ3v) is 3.88. The molecule has 124 valence electrons. The van der Waals surface area contributed by atoms with Crippen molar-refractivity contribution in [1.29, 1.82) is 0 Å². The zero-order valence-corrected chi connectivity index (χ0v) is 12.2. The van der Waals surface area contributed by atoms with Crippen molar-refractivity contribution < 1.29 is 14.9 Å². The molecule has 0 aromatic carbocycles. The maximum absolute atomic E-state index is 12.0. The van der Waals surface area contributed by atoms with Crippen LogP contribution in [0.2, 0.25) is 0 Å². The van der Waals surface area contributed by atoms with E-state index in [9.17, 15) is 15.0 Å². The van der Waals surface area contributed by atoms with E-state index < -0.39 is 30.1 Å². The second kappa shape index (κ2) is 5.59. The standard InChI is InChI=1S/C11H16N8O4/c1-18-3-19(8-5(18)9(22)16-11(12)15-8)10-7(21)6(20)4(23-10)2-14-17-13/h4,6-7,10,20-21H,2-3H2,1H3,(H3,12,15,16,22)/t4-,6-,7-,10-/m1/s1. The number of aromatic nitrogens is 2. The molecule has 4 atom stereocenters. The van der Waals surface area contributed by atoms with Crippen molar-refractivity contribution in [3.05, 3.63) is 20.8 Å². The van der Waals surface area contributed by atoms with Gasteiger partial charge in [-0.3, -0.25) is 9.78 Å². The van der Waals surface area contributed by atoms with Crippen molar-refractivity contribution in [3.63, 3.8) is 0 Å². The highest BCUT2D eigenvalue weighted by Crippen LogP contribution is 2.35. The van der Waals surface area contributed by atoms with E-state index in [0.717, 1.165) is 0 Å². The molecule has 0 radical (unpaired) electrons. The monoisotopic (exact) mass is 324 g/mol. The van der Waals surface area contributed by atoms with Gasteiger partial charge in [0.1, 0.15) is 17.9 Å². The first-order valence-electron chi connectivity index (χ1n) is 6.84. The predicted molar refractivity (Wildman–Crippen MR) is 79.7 cm³/mol. The van der Waals surface area contributed by atoms with Gasteiger partial charge < -0.3 is 30.5 Å². The van der Waals surface area contributed by atoms with Crippen molar-refractivity contribution in [2.75, 3.05) is 35.8 Å². The topological polar surface area (TPSA) is 177 Å². The lowest BCUT2D eigenvalue weighted by Gasteiger charge is -2.27. The van der Waals surface area contributed by atoms with Gasteiger partial charge in [-0.05, 0) is 5.53 Å². The summed E-state index contributed by atoms with van der Waals surface area (Å²) < 4.78 is 5.60. The summed E-state index contributed by atoms with van der Waals surface area (Å²) in [4.78, 5) is 24.3. The highest BCUT2D eigenvalue weighted by molar-refractivity contribution is 5.72. The number of aliphatic hydroxyl groups excluding tert-OH is 2. The third kappa shape index (κ3) is 2.43. The quantitative estimate of drug-likeness (QED) is 0.289. The van der Waals surface area contributed by atoms with E-state index in [1.54, 1.807) is 11.9 Å². The van der Waals surface area contributed by atoms with Gasteiger partial charge in [-0.15, -0.1) is 0 Å². The van der Waals surface area contributed by atoms with Gasteiger partial charge >= 0.3 is 0 Å². The van der Waals surface area contributed by atoms with Crippen LogP contribution in [0.5, 0.6) is 0 Å². The highest BCUT2D eigenvalue weighted by atomic mass is 16.6. The van der Waals surface area contributed by atoms with Gasteiger partial charge in [0.2, 0.25) is 5.95 Å². The van der Waals surface area contributed by atoms with Gasteiger partial charge in [0.25, 0.3) is 5.56 Å². The number of nitrogens with zero attached hydrogens (tertiary/aromatic N) is 6. The van der Waals surface area contributed by atoms with Crippen LogP contribution in [0.25, 0.3) is 10.4 Å². The maximum atomic E-state index is 12.0. The van der Waals surface area contributed by atoms with Crippen LogP contribution in [0, 0.1) is 0 Å². The van der Waals surface area contributed by atoms with Crippen LogP contribution in [-0.2, 0) is 4.74 Å². The Balaban J connectivity index is 1.93. The summed E-state index contributed by atoms with van der Waals surface area (Å²) in [6, 6.07) is 0. The predicted octanol–water partition coefficient (Wildman–Crippen LogP) is -1.68. The number of nitrogens with one attached hydrogen (secondary N) is 1. The molecule has 1 fully saturated rings. The molecule has 1 aromatic rings. The van der Waals surface area contributed by atoms with E-state index in [1.165, 1.54) is 4.90 Å². The van der Waals surface area contributed by atoms with Gasteiger partial charge in [-0.1, -0.05) is 5.11 Å². The molecule has 0 bridgehead atoms. The molecule has 1 saturated heterocycles. The molecule has 0 amide bonds. The number of hydrogen-bond acceptors (Lipinski definition) is 9. The Labute approximate surface area is 129 Å². The average Bonchev–Trinajstić information content (AvgIpc) is 2.96. The van der Waals surface area contributed by atoms with Crippen molar-refractivity contribution in [2.24, 2.45) is 5.11 Å². The van der Waals surface area contributed by atoms with Crippen LogP contribution in [0.1, 0.15) is 0 Å². The summed E-state index contributed by atoms with van der Waals surface area (Å²) in [5, 5.41) is 23.6. The second-order valence-corrected chi connectivity index (χ2v) is 5.39. The number of aromatic amines is 1. The van der Waals surface area contributed by atoms with Crippen LogP contribution < -0.4 is 21.1 Å². The fourth-order valence-electron chi connectivity index (χ4n) is 2.84. The molecule has 3 heterocycles. The number of hydrogen-bond donors (Lipinski definition) is 4. The minimum atomic E-state index is -1.25. The molecule has 2 aliphatic rings. The summed E-state index contributed by atoms with van der Waals surface area (Å²) in [5.41, 5.74) is 13.8. The SMILES string of the molecule is CN1CN([C@@H]2O[C@H](CN=[N+]=[N-])[C@@H](O)[C@H]2O)c2nc(N)[nH]c(=O)c21. The smallest absolute Gasteiger partial charge is 0.278 e. The van der Waals surface area contributed by atoms with E-state index in [-0.39, 0.29) is 25.0 Å². The molecule has 0 unspecified atom stereocenters. The van der Waals surface area contributed by atoms with Crippen molar-refractivity contribution in [3.8, 4) is 0 Å². The Morgan fingerprint density at radius 2 is 2.30 bits per heavy atom. The summed E-state index contributed by atoms with van der Waals surface area (Å²) >= 11 is 0. The van der Waals surface area contributed by atoms with Crippen molar-refractivity contribution >= 4 is 17.5 Å². The highest BCUT2D eigenvalue weighted by Gasteiger charge is 2.48. The summed E-state index contributed by atoms with van der Waals surface area (Å²) in [6.07, 6.45) is -4.27. The van der Waals surface area contributed by atoms with Crippen LogP contribution in [0.4, 0.5) is 17.5 Å². The lowest BCUT2D eigenvalue weighted by molar-refractivity contribution is 0.0118. The number of azide groups is 1. The summed E-state index contributed by atoms with van der Waals surface area (Å²) in [6.45, 7) is 0.101. The molecule has 3 rings (SSSR count). The number of ether oxygens (including phenoxy) is 1. The minimum Gasteiger partial charge on any atom is -0.388 e. The maximum Gasteiger partial charge on any atom is 0.278 e. The zero-order chi connectivity index (χ0) is 16.7. The molecule has 2 aliphatic heterocycles. The number of nitrogens with two attached hydrogens (primary N) is 1. The largest absolute Gasteiger partial charge is 0.388 e. The normalized spacial score (nSPS) is 29.5. The van der Waals surface area contributed by atoms with E-state index >= 15 is 0 Å². The van der Waals surface area contributed by atoms with Crippen molar-refractivity contribution in [2.45, 2.75) is 24.5 Å². The Morgan fingerprint density at radius 1 is 1.57 bits per heavy atom. The second-order valence-electron chi connectivity index (χ2n) is 5.39. The fraction of sp³-hybridized carbons (Fsp3) is 0.636. The first-order valence-corrected chi connectivity index (χ1v) is 6.84. The number of rotatable bonds is 3. The first kappa shape index (κ1) is 15.4. The van der Waals surface area contributed by atoms with Crippen LogP contribution >= 0.6 is 0 Å². The molecule has 23 heavy (non-hydrogen) atoms. The number of aliphatic hydroxyl groups is 2. The van der Waals surface area contributed by atoms with Gasteiger partial charge in [0.05, 0.1) is 19.3 Å². The lowest BCUT2D eigenvalue weighted by Crippen LogP contribution is -2.45. The molecule has 0 spiro atoms. The minimum absolute atomic E-state index is 0.0623. The Morgan fingerprint density at radius 3 is 3.00 bits per heavy atom. The lowest BCUT2D eigenvalue weighted by atomic mass is 10.1. The molecular weight excluding hydrogens is 308 g/mol. The molecule has 0 aliphatic carbocycles. The first-order chi connectivity index (χ1) is 10.9. The third-order valence-electron chi connectivity index (χ3n) is 3.88. The zero-order valence-electron chi connectivity index (χ0n) is 12.2. The summed E-state index contributed by atoms with van der Waals surface area (Å²) in [5.74, 6) is 0.196. The van der Waals surface area contributed by atoms with E-state index in [0.29, 0.717) is 5.69 Å². The molecule has 5 N–H and O–H groups in total. The van der Waals surface area contributed by atoms with Crippen LogP contribution in [0.15, 0.2) is 9.91 Å². The number of nitrogen functional groups attached to an aromatic ring is 1. The van der Waals surface area contributed by atoms with Gasteiger partial charge in [0.15, 0.2) is 12.0 Å². The Kier molecular flexibility index (Phi) is 3.74. The average molecular weight is 324 g/mol. The number of anilines is 3. The van der Waals surface area contributed by atoms with Crippen LogP contribution in [-0.4, -0.2) is 65.0 Å². The molecule has 12 heteroatoms. The van der Waals surface area contributed by atoms with Gasteiger partial charge in [-0.25, -0.2) is 0 Å². The summed E-state index contributed by atoms with van der Waals surface area (Å²) in [7, 11) is 1.68. The van der Waals surface area contributed by atoms with Crippen LogP contribution in [0.3, 0.4) is 0 Å². The number of H-pyrrole nitrogens is 1. The van der Waals surface area contributed by atoms with E-state index in [4.69, 9.17) is 16.0 Å². The molecular formula is C11H16N8O4.